The van der Waals surface area contributed by atoms with Gasteiger partial charge in [-0.15, -0.1) is 11.3 Å². The van der Waals surface area contributed by atoms with Crippen LogP contribution >= 0.6 is 11.3 Å². The second kappa shape index (κ2) is 7.45. The van der Waals surface area contributed by atoms with E-state index < -0.39 is 52.0 Å². The Morgan fingerprint density at radius 3 is 2.59 bits per heavy atom. The van der Waals surface area contributed by atoms with Crippen molar-refractivity contribution in [2.45, 2.75) is 32.0 Å². The number of carbonyl (C=O) groups excluding carboxylic acids is 2. The summed E-state index contributed by atoms with van der Waals surface area (Å²) in [5, 5.41) is 16.0. The molecule has 0 radical (unpaired) electrons. The molecule has 0 bridgehead atoms. The monoisotopic (exact) mass is 421 g/mol. The molecular formula is C12H15N5O8S2. The fraction of sp³-hybridized carbons (Fsp3) is 0.417. The zero-order valence-corrected chi connectivity index (χ0v) is 15.5. The quantitative estimate of drug-likeness (QED) is 0.172. The first-order chi connectivity index (χ1) is 12.4. The summed E-state index contributed by atoms with van der Waals surface area (Å²) in [6.45, 7) is 2.47. The number of anilines is 1. The molecule has 13 nitrogen and oxygen atoms in total. The first kappa shape index (κ1) is 20.5. The van der Waals surface area contributed by atoms with Gasteiger partial charge < -0.3 is 21.0 Å². The predicted molar refractivity (Wildman–Crippen MR) is 91.0 cm³/mol. The molecule has 15 heteroatoms. The van der Waals surface area contributed by atoms with Crippen LogP contribution in [0.25, 0.3) is 0 Å². The molecule has 148 valence electrons. The summed E-state index contributed by atoms with van der Waals surface area (Å²) < 4.78 is 31.3. The lowest BCUT2D eigenvalue weighted by Gasteiger charge is -2.42. The number of nitrogens with one attached hydrogen (secondary N) is 1. The van der Waals surface area contributed by atoms with Crippen LogP contribution in [0.4, 0.5) is 5.13 Å². The van der Waals surface area contributed by atoms with Crippen molar-refractivity contribution in [1.29, 1.82) is 0 Å². The Morgan fingerprint density at radius 2 is 2.15 bits per heavy atom. The highest BCUT2D eigenvalue weighted by Gasteiger charge is 2.51. The number of carboxylic acid groups (broad SMARTS) is 1. The zero-order valence-electron chi connectivity index (χ0n) is 13.9. The van der Waals surface area contributed by atoms with Crippen LogP contribution in [0, 0.1) is 0 Å². The Labute approximate surface area is 156 Å². The Bertz CT molecular complexity index is 911. The number of β-lactam (4-membered cyclic amide) rings is 1. The first-order valence-corrected chi connectivity index (χ1v) is 9.50. The fourth-order valence-electron chi connectivity index (χ4n) is 2.09. The van der Waals surface area contributed by atoms with Crippen LogP contribution in [-0.4, -0.2) is 69.0 Å². The molecule has 2 rings (SSSR count). The standard InChI is InChI=1S/C12H15N5O8S2/c1-4-7(10(19)17(4)27(22,23)24)15-9(18)8(6-3-26-12(13)14-6)16-25-5(2)11(20)21/h3-5,7H,1-2H3,(H2,13,14)(H,15,18)(H,20,21)(H,22,23,24)/t4?,5-,7+/m1/s1. The van der Waals surface area contributed by atoms with Crippen molar-refractivity contribution in [3.63, 3.8) is 0 Å². The highest BCUT2D eigenvalue weighted by molar-refractivity contribution is 7.84. The molecule has 3 atom stereocenters. The van der Waals surface area contributed by atoms with Crippen molar-refractivity contribution < 1.29 is 37.3 Å². The summed E-state index contributed by atoms with van der Waals surface area (Å²) in [6.07, 6.45) is -1.37. The van der Waals surface area contributed by atoms with Gasteiger partial charge >= 0.3 is 16.3 Å². The van der Waals surface area contributed by atoms with Gasteiger partial charge in [-0.25, -0.2) is 14.1 Å². The van der Waals surface area contributed by atoms with E-state index in [1.54, 1.807) is 0 Å². The van der Waals surface area contributed by atoms with Crippen molar-refractivity contribution >= 4 is 50.3 Å². The lowest BCUT2D eigenvalue weighted by atomic mass is 10.0. The molecule has 1 aromatic rings. The summed E-state index contributed by atoms with van der Waals surface area (Å²) in [7, 11) is -4.75. The highest BCUT2D eigenvalue weighted by Crippen LogP contribution is 2.23. The third-order valence-electron chi connectivity index (χ3n) is 3.50. The summed E-state index contributed by atoms with van der Waals surface area (Å²) >= 11 is 0.981. The number of nitrogens with two attached hydrogens (primary N) is 1. The minimum atomic E-state index is -4.75. The van der Waals surface area contributed by atoms with Gasteiger partial charge in [-0.05, 0) is 13.8 Å². The lowest BCUT2D eigenvalue weighted by molar-refractivity contribution is -0.149. The predicted octanol–water partition coefficient (Wildman–Crippen LogP) is -1.56. The number of aromatic nitrogens is 1. The molecule has 1 fully saturated rings. The van der Waals surface area contributed by atoms with Crippen LogP contribution in [0.3, 0.4) is 0 Å². The minimum Gasteiger partial charge on any atom is -0.478 e. The van der Waals surface area contributed by atoms with E-state index in [2.05, 4.69) is 15.5 Å². The summed E-state index contributed by atoms with van der Waals surface area (Å²) in [4.78, 5) is 43.7. The Balaban J connectivity index is 2.21. The third kappa shape index (κ3) is 4.32. The third-order valence-corrected chi connectivity index (χ3v) is 5.18. The topological polar surface area (TPSA) is 202 Å². The van der Waals surface area contributed by atoms with Gasteiger partial charge in [-0.3, -0.25) is 14.1 Å². The number of nitrogens with zero attached hydrogens (tertiary/aromatic N) is 3. The highest BCUT2D eigenvalue weighted by atomic mass is 32.2. The van der Waals surface area contributed by atoms with Gasteiger partial charge in [0.15, 0.2) is 10.8 Å². The number of carbonyl (C=O) groups is 3. The van der Waals surface area contributed by atoms with Crippen molar-refractivity contribution in [1.82, 2.24) is 14.6 Å². The second-order valence-corrected chi connectivity index (χ2v) is 7.58. The molecule has 0 saturated carbocycles. The van der Waals surface area contributed by atoms with Crippen LogP contribution in [0.5, 0.6) is 0 Å². The van der Waals surface area contributed by atoms with Crippen LogP contribution in [0.15, 0.2) is 10.5 Å². The SMILES string of the molecule is CC1[C@H](NC(=O)C(=NO[C@H](C)C(=O)O)c2csc(N)n2)C(=O)N1S(=O)(=O)O. The Morgan fingerprint density at radius 1 is 1.52 bits per heavy atom. The van der Waals surface area contributed by atoms with E-state index in [9.17, 15) is 22.8 Å². The average molecular weight is 421 g/mol. The molecule has 1 saturated heterocycles. The van der Waals surface area contributed by atoms with E-state index in [0.717, 1.165) is 11.3 Å². The number of amides is 2. The zero-order chi connectivity index (χ0) is 20.5. The van der Waals surface area contributed by atoms with Crippen LogP contribution < -0.4 is 11.1 Å². The Kier molecular flexibility index (Phi) is 5.67. The molecule has 1 aliphatic rings. The molecule has 0 spiro atoms. The average Bonchev–Trinajstić information content (AvgIpc) is 2.97. The van der Waals surface area contributed by atoms with Crippen LogP contribution in [0.1, 0.15) is 19.5 Å². The van der Waals surface area contributed by atoms with E-state index >= 15 is 0 Å². The fourth-order valence-corrected chi connectivity index (χ4v) is 3.52. The van der Waals surface area contributed by atoms with Crippen LogP contribution in [-0.2, 0) is 29.5 Å². The van der Waals surface area contributed by atoms with Crippen LogP contribution in [0.2, 0.25) is 0 Å². The summed E-state index contributed by atoms with van der Waals surface area (Å²) in [5.74, 6) is -3.35. The molecule has 0 aliphatic carbocycles. The number of aliphatic carboxylic acids is 1. The van der Waals surface area contributed by atoms with E-state index in [4.69, 9.17) is 20.2 Å². The number of oxime groups is 1. The number of nitrogen functional groups attached to an aromatic ring is 1. The lowest BCUT2D eigenvalue weighted by Crippen LogP contribution is -2.71. The maximum Gasteiger partial charge on any atom is 0.362 e. The van der Waals surface area contributed by atoms with Gasteiger partial charge in [0.25, 0.3) is 11.8 Å². The maximum atomic E-state index is 12.5. The first-order valence-electron chi connectivity index (χ1n) is 7.23. The minimum absolute atomic E-state index is 0.0290. The summed E-state index contributed by atoms with van der Waals surface area (Å²) in [6, 6.07) is -2.30. The number of rotatable bonds is 7. The number of thiazole rings is 1. The van der Waals surface area contributed by atoms with Gasteiger partial charge in [0.2, 0.25) is 6.10 Å². The molecule has 1 aromatic heterocycles. The largest absolute Gasteiger partial charge is 0.478 e. The van der Waals surface area contributed by atoms with Gasteiger partial charge in [0.1, 0.15) is 11.7 Å². The van der Waals surface area contributed by atoms with Gasteiger partial charge in [0, 0.05) is 5.38 Å². The maximum absolute atomic E-state index is 12.5. The molecule has 1 unspecified atom stereocenters. The molecule has 2 amide bonds. The molecule has 27 heavy (non-hydrogen) atoms. The molecule has 1 aliphatic heterocycles. The summed E-state index contributed by atoms with van der Waals surface area (Å²) in [5.41, 5.74) is 5.01. The van der Waals surface area contributed by atoms with E-state index in [-0.39, 0.29) is 15.1 Å². The van der Waals surface area contributed by atoms with Gasteiger partial charge in [-0.1, -0.05) is 5.16 Å². The van der Waals surface area contributed by atoms with Crippen molar-refractivity contribution in [3.8, 4) is 0 Å². The van der Waals surface area contributed by atoms with Gasteiger partial charge in [-0.2, -0.15) is 8.42 Å². The second-order valence-electron chi connectivity index (χ2n) is 5.40. The number of hydrogen-bond acceptors (Lipinski definition) is 10. The molecule has 2 heterocycles. The van der Waals surface area contributed by atoms with E-state index in [0.29, 0.717) is 0 Å². The van der Waals surface area contributed by atoms with E-state index in [1.165, 1.54) is 19.2 Å². The smallest absolute Gasteiger partial charge is 0.362 e. The normalized spacial score (nSPS) is 21.4. The Hall–Kier alpha value is -2.78. The molecule has 5 N–H and O–H groups in total. The number of hydrogen-bond donors (Lipinski definition) is 4. The van der Waals surface area contributed by atoms with Crippen molar-refractivity contribution in [3.05, 3.63) is 11.1 Å². The van der Waals surface area contributed by atoms with Crippen molar-refractivity contribution in [2.75, 3.05) is 5.73 Å². The van der Waals surface area contributed by atoms with Crippen molar-refractivity contribution in [2.24, 2.45) is 5.16 Å². The van der Waals surface area contributed by atoms with Gasteiger partial charge in [0.05, 0.1) is 6.04 Å². The van der Waals surface area contributed by atoms with E-state index in [1.807, 2.05) is 0 Å². The molecular weight excluding hydrogens is 406 g/mol. The molecule has 0 aromatic carbocycles. The number of carboxylic acids is 1.